The molecule has 6 nitrogen and oxygen atoms in total. The zero-order valence-electron chi connectivity index (χ0n) is 10.8. The van der Waals surface area contributed by atoms with E-state index >= 15 is 0 Å². The van der Waals surface area contributed by atoms with Gasteiger partial charge >= 0.3 is 0 Å². The quantitative estimate of drug-likeness (QED) is 0.575. The van der Waals surface area contributed by atoms with Crippen LogP contribution in [0.3, 0.4) is 0 Å². The molecule has 0 saturated heterocycles. The number of nitro benzene ring substituents is 1. The second-order valence-corrected chi connectivity index (χ2v) is 4.85. The van der Waals surface area contributed by atoms with Crippen LogP contribution in [0.25, 0.3) is 0 Å². The molecule has 19 heavy (non-hydrogen) atoms. The summed E-state index contributed by atoms with van der Waals surface area (Å²) in [5, 5.41) is 23.5. The molecule has 0 radical (unpaired) electrons. The Morgan fingerprint density at radius 2 is 2.32 bits per heavy atom. The Morgan fingerprint density at radius 1 is 1.58 bits per heavy atom. The third kappa shape index (κ3) is 4.18. The van der Waals surface area contributed by atoms with E-state index in [0.29, 0.717) is 23.9 Å². The number of hydrogen-bond acceptors (Lipinski definition) is 5. The van der Waals surface area contributed by atoms with Crippen LogP contribution in [-0.4, -0.2) is 35.3 Å². The fourth-order valence-corrected chi connectivity index (χ4v) is 1.74. The zero-order valence-corrected chi connectivity index (χ0v) is 10.8. The molecule has 0 bridgehead atoms. The fourth-order valence-electron chi connectivity index (χ4n) is 1.74. The van der Waals surface area contributed by atoms with Gasteiger partial charge in [0.25, 0.3) is 5.69 Å². The third-order valence-corrected chi connectivity index (χ3v) is 3.02. The first-order valence-electron chi connectivity index (χ1n) is 6.35. The highest BCUT2D eigenvalue weighted by molar-refractivity contribution is 5.42. The molecule has 1 saturated carbocycles. The van der Waals surface area contributed by atoms with E-state index in [-0.39, 0.29) is 12.3 Å². The van der Waals surface area contributed by atoms with Crippen molar-refractivity contribution in [2.24, 2.45) is 0 Å². The lowest BCUT2D eigenvalue weighted by atomic mass is 10.2. The van der Waals surface area contributed by atoms with Crippen LogP contribution in [0.2, 0.25) is 0 Å². The van der Waals surface area contributed by atoms with Crippen LogP contribution in [0, 0.1) is 17.0 Å². The van der Waals surface area contributed by atoms with Crippen LogP contribution in [0.1, 0.15) is 18.4 Å². The van der Waals surface area contributed by atoms with Crippen LogP contribution in [-0.2, 0) is 0 Å². The molecule has 2 N–H and O–H groups in total. The summed E-state index contributed by atoms with van der Waals surface area (Å²) in [7, 11) is 0. The van der Waals surface area contributed by atoms with Crippen molar-refractivity contribution in [1.82, 2.24) is 5.32 Å². The molecule has 1 aliphatic rings. The standard InChI is InChI=1S/C13H18N2O4/c1-9-6-11(15(17)18)4-5-13(9)19-8-12(16)7-14-10-2-3-10/h4-6,10,12,14,16H,2-3,7-8H2,1H3. The third-order valence-electron chi connectivity index (χ3n) is 3.02. The number of nitro groups is 1. The summed E-state index contributed by atoms with van der Waals surface area (Å²) in [5.74, 6) is 0.566. The van der Waals surface area contributed by atoms with E-state index in [1.54, 1.807) is 13.0 Å². The number of aliphatic hydroxyl groups is 1. The summed E-state index contributed by atoms with van der Waals surface area (Å²) in [6, 6.07) is 4.98. The topological polar surface area (TPSA) is 84.6 Å². The monoisotopic (exact) mass is 266 g/mol. The lowest BCUT2D eigenvalue weighted by Gasteiger charge is -2.14. The number of aryl methyl sites for hydroxylation is 1. The number of ether oxygens (including phenoxy) is 1. The number of nitrogens with zero attached hydrogens (tertiary/aromatic N) is 1. The van der Waals surface area contributed by atoms with E-state index < -0.39 is 11.0 Å². The highest BCUT2D eigenvalue weighted by atomic mass is 16.6. The smallest absolute Gasteiger partial charge is 0.269 e. The summed E-state index contributed by atoms with van der Waals surface area (Å²) in [4.78, 5) is 10.2. The molecule has 2 rings (SSSR count). The van der Waals surface area contributed by atoms with E-state index in [9.17, 15) is 15.2 Å². The molecule has 1 aliphatic carbocycles. The van der Waals surface area contributed by atoms with Crippen molar-refractivity contribution in [1.29, 1.82) is 0 Å². The number of hydrogen-bond donors (Lipinski definition) is 2. The normalized spacial score (nSPS) is 16.1. The number of nitrogens with one attached hydrogen (secondary N) is 1. The Kier molecular flexibility index (Phi) is 4.34. The lowest BCUT2D eigenvalue weighted by Crippen LogP contribution is -2.32. The van der Waals surface area contributed by atoms with E-state index in [1.807, 2.05) is 0 Å². The summed E-state index contributed by atoms with van der Waals surface area (Å²) >= 11 is 0. The van der Waals surface area contributed by atoms with Gasteiger partial charge in [0.05, 0.1) is 4.92 Å². The van der Waals surface area contributed by atoms with Gasteiger partial charge < -0.3 is 15.2 Å². The average Bonchev–Trinajstić information content (AvgIpc) is 3.18. The van der Waals surface area contributed by atoms with Gasteiger partial charge in [0.15, 0.2) is 0 Å². The summed E-state index contributed by atoms with van der Waals surface area (Å²) in [5.41, 5.74) is 0.734. The Hall–Kier alpha value is -1.66. The van der Waals surface area contributed by atoms with Gasteiger partial charge in [-0.05, 0) is 31.4 Å². The molecule has 0 heterocycles. The predicted molar refractivity (Wildman–Crippen MR) is 70.4 cm³/mol. The van der Waals surface area contributed by atoms with Crippen molar-refractivity contribution in [3.8, 4) is 5.75 Å². The first-order valence-corrected chi connectivity index (χ1v) is 6.35. The van der Waals surface area contributed by atoms with E-state index in [4.69, 9.17) is 4.74 Å². The molecule has 104 valence electrons. The summed E-state index contributed by atoms with van der Waals surface area (Å²) in [6.45, 7) is 2.44. The largest absolute Gasteiger partial charge is 0.491 e. The minimum Gasteiger partial charge on any atom is -0.491 e. The average molecular weight is 266 g/mol. The van der Waals surface area contributed by atoms with Crippen LogP contribution >= 0.6 is 0 Å². The Bertz CT molecular complexity index is 460. The molecule has 0 aromatic heterocycles. The van der Waals surface area contributed by atoms with Crippen molar-refractivity contribution >= 4 is 5.69 Å². The maximum Gasteiger partial charge on any atom is 0.269 e. The van der Waals surface area contributed by atoms with E-state index in [0.717, 1.165) is 0 Å². The molecule has 1 unspecified atom stereocenters. The van der Waals surface area contributed by atoms with Gasteiger partial charge in [-0.1, -0.05) is 0 Å². The van der Waals surface area contributed by atoms with Crippen LogP contribution in [0.4, 0.5) is 5.69 Å². The summed E-state index contributed by atoms with van der Waals surface area (Å²) in [6.07, 6.45) is 1.78. The molecule has 6 heteroatoms. The van der Waals surface area contributed by atoms with Gasteiger partial charge in [0.1, 0.15) is 18.5 Å². The second-order valence-electron chi connectivity index (χ2n) is 4.85. The first kappa shape index (κ1) is 13.8. The van der Waals surface area contributed by atoms with E-state index in [2.05, 4.69) is 5.32 Å². The number of benzene rings is 1. The van der Waals surface area contributed by atoms with Crippen molar-refractivity contribution in [2.45, 2.75) is 31.9 Å². The lowest BCUT2D eigenvalue weighted by molar-refractivity contribution is -0.384. The second kappa shape index (κ2) is 5.99. The molecule has 0 amide bonds. The van der Waals surface area contributed by atoms with Crippen LogP contribution < -0.4 is 10.1 Å². The number of rotatable bonds is 7. The van der Waals surface area contributed by atoms with Crippen molar-refractivity contribution in [3.63, 3.8) is 0 Å². The molecular formula is C13H18N2O4. The maximum absolute atomic E-state index is 10.6. The van der Waals surface area contributed by atoms with Gasteiger partial charge in [-0.25, -0.2) is 0 Å². The number of non-ortho nitro benzene ring substituents is 1. The molecule has 1 atom stereocenters. The number of aliphatic hydroxyl groups excluding tert-OH is 1. The molecule has 1 aromatic rings. The van der Waals surface area contributed by atoms with Gasteiger partial charge in [0.2, 0.25) is 0 Å². The van der Waals surface area contributed by atoms with Crippen LogP contribution in [0.15, 0.2) is 18.2 Å². The fraction of sp³-hybridized carbons (Fsp3) is 0.538. The highest BCUT2D eigenvalue weighted by Gasteiger charge is 2.21. The van der Waals surface area contributed by atoms with Crippen molar-refractivity contribution in [2.75, 3.05) is 13.2 Å². The SMILES string of the molecule is Cc1cc([N+](=O)[O-])ccc1OCC(O)CNC1CC1. The van der Waals surface area contributed by atoms with Gasteiger partial charge in [-0.2, -0.15) is 0 Å². The Labute approximate surface area is 111 Å². The van der Waals surface area contributed by atoms with Crippen molar-refractivity contribution in [3.05, 3.63) is 33.9 Å². The first-order chi connectivity index (χ1) is 9.06. The minimum atomic E-state index is -0.574. The Morgan fingerprint density at radius 3 is 2.89 bits per heavy atom. The predicted octanol–water partition coefficient (Wildman–Crippen LogP) is 1.39. The molecule has 0 aliphatic heterocycles. The maximum atomic E-state index is 10.6. The molecule has 1 fully saturated rings. The zero-order chi connectivity index (χ0) is 13.8. The Balaban J connectivity index is 1.82. The van der Waals surface area contributed by atoms with Gasteiger partial charge in [0, 0.05) is 24.7 Å². The molecule has 1 aromatic carbocycles. The molecule has 0 spiro atoms. The van der Waals surface area contributed by atoms with Gasteiger partial charge in [-0.3, -0.25) is 10.1 Å². The van der Waals surface area contributed by atoms with E-state index in [1.165, 1.54) is 25.0 Å². The summed E-state index contributed by atoms with van der Waals surface area (Å²) < 4.78 is 5.47. The van der Waals surface area contributed by atoms with Gasteiger partial charge in [-0.15, -0.1) is 0 Å². The minimum absolute atomic E-state index is 0.0424. The highest BCUT2D eigenvalue weighted by Crippen LogP contribution is 2.23. The van der Waals surface area contributed by atoms with Crippen LogP contribution in [0.5, 0.6) is 5.75 Å². The molecular weight excluding hydrogens is 248 g/mol. The van der Waals surface area contributed by atoms with Crippen molar-refractivity contribution < 1.29 is 14.8 Å².